The first-order valence-corrected chi connectivity index (χ1v) is 10.5. The number of rotatable bonds is 7. The van der Waals surface area contributed by atoms with Crippen molar-refractivity contribution < 1.29 is 19.1 Å². The fourth-order valence-electron chi connectivity index (χ4n) is 4.13. The Morgan fingerprint density at radius 1 is 1.10 bits per heavy atom. The highest BCUT2D eigenvalue weighted by Crippen LogP contribution is 2.42. The van der Waals surface area contributed by atoms with Gasteiger partial charge in [-0.15, -0.1) is 0 Å². The number of hydrogen-bond acceptors (Lipinski definition) is 6. The lowest BCUT2D eigenvalue weighted by atomic mass is 9.81. The number of nitrogens with zero attached hydrogens (tertiary/aromatic N) is 2. The minimum Gasteiger partial charge on any atom is -0.493 e. The van der Waals surface area contributed by atoms with Gasteiger partial charge in [-0.05, 0) is 42.0 Å². The molecule has 1 heterocycles. The zero-order chi connectivity index (χ0) is 20.9. The van der Waals surface area contributed by atoms with Gasteiger partial charge in [0.25, 0.3) is 0 Å². The second-order valence-corrected chi connectivity index (χ2v) is 7.84. The van der Waals surface area contributed by atoms with Gasteiger partial charge in [0.05, 0.1) is 13.2 Å². The molecule has 2 aromatic carbocycles. The third-order valence-corrected chi connectivity index (χ3v) is 5.76. The van der Waals surface area contributed by atoms with Crippen LogP contribution in [0.5, 0.6) is 11.5 Å². The Kier molecular flexibility index (Phi) is 6.33. The molecular formula is C24H28N2O4. The van der Waals surface area contributed by atoms with E-state index in [-0.39, 0.29) is 5.92 Å². The van der Waals surface area contributed by atoms with Crippen LogP contribution in [-0.2, 0) is 6.61 Å². The van der Waals surface area contributed by atoms with Crippen LogP contribution in [-0.4, -0.2) is 22.4 Å². The van der Waals surface area contributed by atoms with Gasteiger partial charge in [0, 0.05) is 12.5 Å². The number of aromatic nitrogens is 2. The molecule has 1 fully saturated rings. The Balaban J connectivity index is 1.71. The highest BCUT2D eigenvalue weighted by Gasteiger charge is 2.28. The summed E-state index contributed by atoms with van der Waals surface area (Å²) in [5, 5.41) is 15.4. The van der Waals surface area contributed by atoms with Gasteiger partial charge in [-0.1, -0.05) is 54.8 Å². The number of aliphatic hydroxyl groups is 1. The maximum absolute atomic E-state index is 11.3. The van der Waals surface area contributed by atoms with Gasteiger partial charge in [0.1, 0.15) is 6.61 Å². The molecule has 3 aromatic rings. The molecule has 1 saturated carbocycles. The van der Waals surface area contributed by atoms with E-state index in [1.165, 1.54) is 6.42 Å². The van der Waals surface area contributed by atoms with Crippen LogP contribution < -0.4 is 9.47 Å². The summed E-state index contributed by atoms with van der Waals surface area (Å²) in [5.74, 6) is 2.30. The van der Waals surface area contributed by atoms with E-state index in [2.05, 4.69) is 10.1 Å². The van der Waals surface area contributed by atoms with Crippen molar-refractivity contribution in [1.29, 1.82) is 0 Å². The quantitative estimate of drug-likeness (QED) is 0.576. The summed E-state index contributed by atoms with van der Waals surface area (Å²) in [6.45, 7) is 2.17. The molecule has 6 nitrogen and oxygen atoms in total. The molecule has 30 heavy (non-hydrogen) atoms. The van der Waals surface area contributed by atoms with Crippen LogP contribution in [0.3, 0.4) is 0 Å². The minimum absolute atomic E-state index is 0.209. The Bertz CT molecular complexity index is 965. The van der Waals surface area contributed by atoms with Crippen LogP contribution in [0, 0.1) is 12.8 Å². The molecule has 0 saturated heterocycles. The molecule has 0 radical (unpaired) electrons. The van der Waals surface area contributed by atoms with E-state index in [1.807, 2.05) is 42.5 Å². The van der Waals surface area contributed by atoms with Gasteiger partial charge in [-0.2, -0.15) is 4.98 Å². The normalized spacial score (nSPS) is 15.7. The van der Waals surface area contributed by atoms with Gasteiger partial charge in [0.2, 0.25) is 11.7 Å². The monoisotopic (exact) mass is 408 g/mol. The second-order valence-electron chi connectivity index (χ2n) is 7.84. The smallest absolute Gasteiger partial charge is 0.223 e. The fraction of sp³-hybridized carbons (Fsp3) is 0.417. The van der Waals surface area contributed by atoms with Crippen LogP contribution in [0.1, 0.15) is 55.2 Å². The number of aryl methyl sites for hydroxylation is 1. The van der Waals surface area contributed by atoms with E-state index in [1.54, 1.807) is 14.0 Å². The van der Waals surface area contributed by atoms with E-state index < -0.39 is 6.10 Å². The van der Waals surface area contributed by atoms with Crippen molar-refractivity contribution >= 4 is 0 Å². The predicted molar refractivity (Wildman–Crippen MR) is 113 cm³/mol. The van der Waals surface area contributed by atoms with Crippen molar-refractivity contribution in [3.63, 3.8) is 0 Å². The topological polar surface area (TPSA) is 77.6 Å². The average molecular weight is 408 g/mol. The van der Waals surface area contributed by atoms with Crippen molar-refractivity contribution in [2.75, 3.05) is 7.11 Å². The summed E-state index contributed by atoms with van der Waals surface area (Å²) in [4.78, 5) is 4.38. The summed E-state index contributed by atoms with van der Waals surface area (Å²) in [6, 6.07) is 13.7. The van der Waals surface area contributed by atoms with Crippen LogP contribution in [0.25, 0.3) is 11.4 Å². The lowest BCUT2D eigenvalue weighted by Gasteiger charge is -2.28. The van der Waals surface area contributed by atoms with Crippen LogP contribution >= 0.6 is 0 Å². The zero-order valence-corrected chi connectivity index (χ0v) is 17.5. The van der Waals surface area contributed by atoms with Crippen molar-refractivity contribution in [3.05, 3.63) is 59.5 Å². The third-order valence-electron chi connectivity index (χ3n) is 5.76. The molecular weight excluding hydrogens is 380 g/mol. The van der Waals surface area contributed by atoms with Crippen LogP contribution in [0.2, 0.25) is 0 Å². The molecule has 1 aromatic heterocycles. The number of methoxy groups -OCH3 is 1. The Morgan fingerprint density at radius 3 is 2.53 bits per heavy atom. The first-order valence-electron chi connectivity index (χ1n) is 10.5. The van der Waals surface area contributed by atoms with Crippen molar-refractivity contribution in [2.45, 2.75) is 51.7 Å². The second kappa shape index (κ2) is 9.30. The van der Waals surface area contributed by atoms with E-state index in [4.69, 9.17) is 14.0 Å². The lowest BCUT2D eigenvalue weighted by Crippen LogP contribution is -2.17. The van der Waals surface area contributed by atoms with Crippen molar-refractivity contribution in [1.82, 2.24) is 10.1 Å². The largest absolute Gasteiger partial charge is 0.493 e. The van der Waals surface area contributed by atoms with Gasteiger partial charge in [-0.25, -0.2) is 0 Å². The maximum Gasteiger partial charge on any atom is 0.223 e. The summed E-state index contributed by atoms with van der Waals surface area (Å²) in [7, 11) is 1.60. The fourth-order valence-corrected chi connectivity index (χ4v) is 4.13. The predicted octanol–water partition coefficient (Wildman–Crippen LogP) is 5.25. The van der Waals surface area contributed by atoms with Gasteiger partial charge < -0.3 is 19.1 Å². The highest BCUT2D eigenvalue weighted by molar-refractivity contribution is 5.66. The summed E-state index contributed by atoms with van der Waals surface area (Å²) in [5.41, 5.74) is 2.53. The zero-order valence-electron chi connectivity index (χ0n) is 17.5. The molecule has 1 aliphatic rings. The molecule has 0 spiro atoms. The Morgan fingerprint density at radius 2 is 1.87 bits per heavy atom. The van der Waals surface area contributed by atoms with E-state index in [0.29, 0.717) is 35.4 Å². The van der Waals surface area contributed by atoms with Crippen LogP contribution in [0.4, 0.5) is 0 Å². The molecule has 158 valence electrons. The SMILES string of the molecule is COc1cc(-c2noc(C)n2)c(C(O)C2CCCCC2)cc1OCc1ccccc1. The Hall–Kier alpha value is -2.86. The first-order chi connectivity index (χ1) is 14.7. The molecule has 1 unspecified atom stereocenters. The molecule has 6 heteroatoms. The van der Waals surface area contributed by atoms with E-state index in [0.717, 1.165) is 36.8 Å². The highest BCUT2D eigenvalue weighted by atomic mass is 16.5. The van der Waals surface area contributed by atoms with E-state index >= 15 is 0 Å². The first kappa shape index (κ1) is 20.4. The number of aliphatic hydroxyl groups excluding tert-OH is 1. The van der Waals surface area contributed by atoms with Crippen molar-refractivity contribution in [2.24, 2.45) is 5.92 Å². The minimum atomic E-state index is -0.621. The molecule has 1 aliphatic carbocycles. The average Bonchev–Trinajstić information content (AvgIpc) is 3.24. The molecule has 1 N–H and O–H groups in total. The lowest BCUT2D eigenvalue weighted by molar-refractivity contribution is 0.0849. The van der Waals surface area contributed by atoms with Crippen molar-refractivity contribution in [3.8, 4) is 22.9 Å². The number of hydrogen-bond donors (Lipinski definition) is 1. The maximum atomic E-state index is 11.3. The third kappa shape index (κ3) is 4.49. The molecule has 0 bridgehead atoms. The van der Waals surface area contributed by atoms with Gasteiger partial charge in [-0.3, -0.25) is 0 Å². The molecule has 4 rings (SSSR count). The molecule has 0 amide bonds. The molecule has 0 aliphatic heterocycles. The Labute approximate surface area is 176 Å². The number of benzene rings is 2. The summed E-state index contributed by atoms with van der Waals surface area (Å²) >= 11 is 0. The van der Waals surface area contributed by atoms with Gasteiger partial charge >= 0.3 is 0 Å². The standard InChI is InChI=1S/C24H28N2O4/c1-16-25-24(26-30-16)20-14-21(28-2)22(29-15-17-9-5-3-6-10-17)13-19(20)23(27)18-11-7-4-8-12-18/h3,5-6,9-10,13-14,18,23,27H,4,7-8,11-12,15H2,1-2H3. The van der Waals surface area contributed by atoms with E-state index in [9.17, 15) is 5.11 Å². The van der Waals surface area contributed by atoms with Crippen LogP contribution in [0.15, 0.2) is 47.0 Å². The summed E-state index contributed by atoms with van der Waals surface area (Å²) in [6.07, 6.45) is 4.92. The molecule has 1 atom stereocenters. The van der Waals surface area contributed by atoms with Gasteiger partial charge in [0.15, 0.2) is 11.5 Å². The summed E-state index contributed by atoms with van der Waals surface area (Å²) < 4.78 is 16.9. The number of ether oxygens (including phenoxy) is 2.